The van der Waals surface area contributed by atoms with Crippen molar-refractivity contribution in [3.05, 3.63) is 77.1 Å². The van der Waals surface area contributed by atoms with E-state index in [1.54, 1.807) is 6.07 Å². The first-order valence-electron chi connectivity index (χ1n) is 6.60. The number of nitrogens with zero attached hydrogens (tertiary/aromatic N) is 1. The van der Waals surface area contributed by atoms with Crippen molar-refractivity contribution >= 4 is 22.7 Å². The lowest BCUT2D eigenvalue weighted by Gasteiger charge is -2.10. The third-order valence-corrected chi connectivity index (χ3v) is 4.22. The fourth-order valence-corrected chi connectivity index (χ4v) is 3.11. The Bertz CT molecular complexity index is 765. The molecule has 2 aromatic carbocycles. The summed E-state index contributed by atoms with van der Waals surface area (Å²) in [5, 5.41) is 0.791. The quantitative estimate of drug-likeness (QED) is 0.679. The maximum absolute atomic E-state index is 11.8. The van der Waals surface area contributed by atoms with Gasteiger partial charge in [0.1, 0.15) is 0 Å². The number of hydrogen-bond donors (Lipinski definition) is 0. The molecule has 0 amide bonds. The van der Waals surface area contributed by atoms with Crippen LogP contribution < -0.4 is 5.43 Å². The number of fused-ring (bicyclic) bond motifs is 1. The van der Waals surface area contributed by atoms with Gasteiger partial charge in [-0.1, -0.05) is 30.3 Å². The second-order valence-electron chi connectivity index (χ2n) is 4.55. The van der Waals surface area contributed by atoms with Gasteiger partial charge >= 0.3 is 0 Å². The lowest BCUT2D eigenvalue weighted by Crippen LogP contribution is -2.09. The summed E-state index contributed by atoms with van der Waals surface area (Å²) in [6.45, 7) is 0.889. The Morgan fingerprint density at radius 3 is 2.50 bits per heavy atom. The van der Waals surface area contributed by atoms with Gasteiger partial charge < -0.3 is 4.57 Å². The van der Waals surface area contributed by atoms with E-state index in [2.05, 4.69) is 28.8 Å². The van der Waals surface area contributed by atoms with Gasteiger partial charge in [-0.2, -0.15) is 0 Å². The zero-order valence-corrected chi connectivity index (χ0v) is 11.8. The molecule has 0 unspecified atom stereocenters. The number of para-hydroxylation sites is 1. The summed E-state index contributed by atoms with van der Waals surface area (Å²) in [4.78, 5) is 13.1. The highest BCUT2D eigenvalue weighted by atomic mass is 32.2. The van der Waals surface area contributed by atoms with Crippen molar-refractivity contribution in [2.24, 2.45) is 0 Å². The largest absolute Gasteiger partial charge is 0.346 e. The zero-order chi connectivity index (χ0) is 13.8. The number of aromatic nitrogens is 1. The van der Waals surface area contributed by atoms with Crippen LogP contribution in [0.2, 0.25) is 0 Å². The number of pyridine rings is 1. The predicted molar refractivity (Wildman–Crippen MR) is 85.4 cm³/mol. The van der Waals surface area contributed by atoms with Crippen molar-refractivity contribution in [3.63, 3.8) is 0 Å². The first kappa shape index (κ1) is 13.0. The van der Waals surface area contributed by atoms with Crippen molar-refractivity contribution in [1.29, 1.82) is 0 Å². The van der Waals surface area contributed by atoms with E-state index in [0.717, 1.165) is 23.2 Å². The standard InChI is InChI=1S/C17H15NOS/c19-17-10-11-18(16-9-5-4-8-15(16)17)12-13-20-14-6-2-1-3-7-14/h1-11H,12-13H2. The molecule has 1 heterocycles. The van der Waals surface area contributed by atoms with Gasteiger partial charge in [0, 0.05) is 34.8 Å². The molecule has 20 heavy (non-hydrogen) atoms. The predicted octanol–water partition coefficient (Wildman–Crippen LogP) is 3.79. The van der Waals surface area contributed by atoms with Crippen LogP contribution in [0.1, 0.15) is 0 Å². The normalized spacial score (nSPS) is 10.8. The molecular weight excluding hydrogens is 266 g/mol. The Labute approximate surface area is 122 Å². The summed E-state index contributed by atoms with van der Waals surface area (Å²) in [5.74, 6) is 0.983. The zero-order valence-electron chi connectivity index (χ0n) is 11.0. The van der Waals surface area contributed by atoms with Crippen molar-refractivity contribution in [2.75, 3.05) is 5.75 Å². The summed E-state index contributed by atoms with van der Waals surface area (Å²) >= 11 is 1.83. The minimum atomic E-state index is 0.0903. The molecule has 0 aliphatic rings. The van der Waals surface area contributed by atoms with E-state index >= 15 is 0 Å². The fraction of sp³-hybridized carbons (Fsp3) is 0.118. The van der Waals surface area contributed by atoms with Crippen LogP contribution in [0, 0.1) is 0 Å². The molecule has 0 spiro atoms. The van der Waals surface area contributed by atoms with Crippen LogP contribution in [0.15, 0.2) is 76.6 Å². The molecular formula is C17H15NOS. The highest BCUT2D eigenvalue weighted by Crippen LogP contribution is 2.18. The highest BCUT2D eigenvalue weighted by molar-refractivity contribution is 7.99. The molecule has 2 nitrogen and oxygen atoms in total. The van der Waals surface area contributed by atoms with Crippen LogP contribution in [-0.4, -0.2) is 10.3 Å². The van der Waals surface area contributed by atoms with Crippen LogP contribution in [-0.2, 0) is 6.54 Å². The van der Waals surface area contributed by atoms with E-state index in [1.807, 2.05) is 48.3 Å². The molecule has 0 N–H and O–H groups in total. The van der Waals surface area contributed by atoms with E-state index in [1.165, 1.54) is 4.90 Å². The number of benzene rings is 2. The number of hydrogen-bond acceptors (Lipinski definition) is 2. The molecule has 0 saturated heterocycles. The van der Waals surface area contributed by atoms with Crippen molar-refractivity contribution in [3.8, 4) is 0 Å². The van der Waals surface area contributed by atoms with E-state index < -0.39 is 0 Å². The molecule has 0 fully saturated rings. The first-order valence-corrected chi connectivity index (χ1v) is 7.59. The Kier molecular flexibility index (Phi) is 3.88. The molecule has 3 aromatic rings. The average Bonchev–Trinajstić information content (AvgIpc) is 2.51. The maximum atomic E-state index is 11.8. The lowest BCUT2D eigenvalue weighted by atomic mass is 10.2. The van der Waals surface area contributed by atoms with Gasteiger partial charge in [0.2, 0.25) is 0 Å². The van der Waals surface area contributed by atoms with Crippen molar-refractivity contribution in [2.45, 2.75) is 11.4 Å². The van der Waals surface area contributed by atoms with Gasteiger partial charge in [0.05, 0.1) is 5.52 Å². The molecule has 0 aliphatic carbocycles. The second kappa shape index (κ2) is 5.97. The summed E-state index contributed by atoms with van der Waals surface area (Å²) in [6, 6.07) is 19.8. The molecule has 0 bridgehead atoms. The van der Waals surface area contributed by atoms with Crippen LogP contribution in [0.3, 0.4) is 0 Å². The molecule has 0 saturated carbocycles. The summed E-state index contributed by atoms with van der Waals surface area (Å²) in [6.07, 6.45) is 1.89. The second-order valence-corrected chi connectivity index (χ2v) is 5.72. The van der Waals surface area contributed by atoms with Gasteiger partial charge in [0.25, 0.3) is 0 Å². The third-order valence-electron chi connectivity index (χ3n) is 3.23. The topological polar surface area (TPSA) is 22.0 Å². The number of aryl methyl sites for hydroxylation is 1. The van der Waals surface area contributed by atoms with Crippen LogP contribution in [0.25, 0.3) is 10.9 Å². The SMILES string of the molecule is O=c1ccn(CCSc2ccccc2)c2ccccc12. The van der Waals surface area contributed by atoms with Crippen molar-refractivity contribution < 1.29 is 0 Å². The molecule has 0 aliphatic heterocycles. The molecule has 3 rings (SSSR count). The van der Waals surface area contributed by atoms with Crippen LogP contribution in [0.4, 0.5) is 0 Å². The van der Waals surface area contributed by atoms with Gasteiger partial charge in [-0.05, 0) is 24.3 Å². The Hall–Kier alpha value is -2.00. The fourth-order valence-electron chi connectivity index (χ4n) is 2.23. The summed E-state index contributed by atoms with van der Waals surface area (Å²) in [7, 11) is 0. The lowest BCUT2D eigenvalue weighted by molar-refractivity contribution is 0.797. The Morgan fingerprint density at radius 1 is 0.900 bits per heavy atom. The van der Waals surface area contributed by atoms with E-state index in [0.29, 0.717) is 0 Å². The van der Waals surface area contributed by atoms with Crippen molar-refractivity contribution in [1.82, 2.24) is 4.57 Å². The van der Waals surface area contributed by atoms with Gasteiger partial charge in [-0.15, -0.1) is 11.8 Å². The number of rotatable bonds is 4. The third kappa shape index (κ3) is 2.78. The van der Waals surface area contributed by atoms with Crippen LogP contribution >= 0.6 is 11.8 Å². The smallest absolute Gasteiger partial charge is 0.189 e. The summed E-state index contributed by atoms with van der Waals surface area (Å²) < 4.78 is 2.15. The molecule has 0 atom stereocenters. The highest BCUT2D eigenvalue weighted by Gasteiger charge is 2.01. The monoisotopic (exact) mass is 281 g/mol. The average molecular weight is 281 g/mol. The summed E-state index contributed by atoms with van der Waals surface area (Å²) in [5.41, 5.74) is 1.10. The Morgan fingerprint density at radius 2 is 1.65 bits per heavy atom. The molecule has 1 aromatic heterocycles. The minimum Gasteiger partial charge on any atom is -0.346 e. The van der Waals surface area contributed by atoms with Gasteiger partial charge in [0.15, 0.2) is 5.43 Å². The Balaban J connectivity index is 1.78. The van der Waals surface area contributed by atoms with Gasteiger partial charge in [-0.3, -0.25) is 4.79 Å². The first-order chi connectivity index (χ1) is 9.84. The number of thioether (sulfide) groups is 1. The molecule has 0 radical (unpaired) electrons. The van der Waals surface area contributed by atoms with E-state index in [9.17, 15) is 4.79 Å². The molecule has 100 valence electrons. The minimum absolute atomic E-state index is 0.0903. The van der Waals surface area contributed by atoms with Gasteiger partial charge in [-0.25, -0.2) is 0 Å². The van der Waals surface area contributed by atoms with E-state index in [-0.39, 0.29) is 5.43 Å². The van der Waals surface area contributed by atoms with E-state index in [4.69, 9.17) is 0 Å². The molecule has 3 heteroatoms. The maximum Gasteiger partial charge on any atom is 0.189 e. The van der Waals surface area contributed by atoms with Crippen LogP contribution in [0.5, 0.6) is 0 Å².